The molecular formula is C28H47FIN3O5. The second-order valence-electron chi connectivity index (χ2n) is 12.3. The highest BCUT2D eigenvalue weighted by Crippen LogP contribution is 2.38. The summed E-state index contributed by atoms with van der Waals surface area (Å²) in [5.41, 5.74) is 0. The minimum absolute atomic E-state index is 0.0407. The zero-order chi connectivity index (χ0) is 26.6. The number of amides is 1. The molecule has 0 aromatic heterocycles. The Hall–Kier alpha value is -0.110. The van der Waals surface area contributed by atoms with E-state index in [0.29, 0.717) is 58.6 Å². The summed E-state index contributed by atoms with van der Waals surface area (Å²) in [5.74, 6) is 1.47. The monoisotopic (exact) mass is 651 g/mol. The third-order valence-corrected chi connectivity index (χ3v) is 11.0. The van der Waals surface area contributed by atoms with Crippen LogP contribution in [0.4, 0.5) is 4.39 Å². The largest absolute Gasteiger partial charge is 0.395 e. The number of piperidine rings is 2. The number of halogens is 2. The van der Waals surface area contributed by atoms with E-state index < -0.39 is 18.4 Å². The predicted molar refractivity (Wildman–Crippen MR) is 151 cm³/mol. The van der Waals surface area contributed by atoms with Crippen LogP contribution in [-0.4, -0.2) is 131 Å². The van der Waals surface area contributed by atoms with Crippen LogP contribution in [0.1, 0.15) is 51.4 Å². The average Bonchev–Trinajstić information content (AvgIpc) is 3.04. The first-order valence-corrected chi connectivity index (χ1v) is 16.2. The summed E-state index contributed by atoms with van der Waals surface area (Å²) in [4.78, 5) is 19.8. The van der Waals surface area contributed by atoms with Gasteiger partial charge in [0.25, 0.3) is 0 Å². The van der Waals surface area contributed by atoms with E-state index in [1.807, 2.05) is 9.80 Å². The molecule has 218 valence electrons. The molecule has 0 radical (unpaired) electrons. The van der Waals surface area contributed by atoms with Gasteiger partial charge in [-0.05, 0) is 44.1 Å². The van der Waals surface area contributed by atoms with E-state index in [1.165, 1.54) is 32.1 Å². The molecule has 3 aliphatic heterocycles. The third kappa shape index (κ3) is 7.20. The quantitative estimate of drug-likeness (QED) is 0.307. The van der Waals surface area contributed by atoms with Gasteiger partial charge in [-0.3, -0.25) is 9.69 Å². The molecule has 2 N–H and O–H groups in total. The number of β-amino-alcohol motifs (C(OH)–C–C–N with tert-alkyl or cyclic N) is 2. The lowest BCUT2D eigenvalue weighted by atomic mass is 9.75. The van der Waals surface area contributed by atoms with Crippen molar-refractivity contribution in [3.63, 3.8) is 0 Å². The van der Waals surface area contributed by atoms with Crippen LogP contribution in [0.15, 0.2) is 0 Å². The molecule has 0 bridgehead atoms. The topological polar surface area (TPSA) is 85.7 Å². The molecule has 38 heavy (non-hydrogen) atoms. The van der Waals surface area contributed by atoms with E-state index in [-0.39, 0.29) is 34.6 Å². The van der Waals surface area contributed by atoms with Crippen molar-refractivity contribution in [2.45, 2.75) is 85.9 Å². The molecule has 5 fully saturated rings. The number of alkyl halides is 2. The number of fused-ring (bicyclic) bond motifs is 2. The second kappa shape index (κ2) is 13.7. The molecule has 5 aliphatic rings. The molecule has 10 heteroatoms. The normalized spacial score (nSPS) is 40.3. The first-order chi connectivity index (χ1) is 18.4. The minimum atomic E-state index is -1.07. The van der Waals surface area contributed by atoms with Crippen molar-refractivity contribution in [2.75, 3.05) is 65.6 Å². The maximum atomic E-state index is 14.8. The Morgan fingerprint density at radius 1 is 1.03 bits per heavy atom. The Morgan fingerprint density at radius 3 is 2.61 bits per heavy atom. The molecule has 9 atom stereocenters. The molecule has 0 aromatic rings. The van der Waals surface area contributed by atoms with E-state index in [4.69, 9.17) is 14.6 Å². The Bertz CT molecular complexity index is 783. The van der Waals surface area contributed by atoms with Gasteiger partial charge in [0.2, 0.25) is 5.91 Å². The first-order valence-electron chi connectivity index (χ1n) is 15.0. The fraction of sp³-hybridized carbons (Fsp3) is 0.964. The zero-order valence-electron chi connectivity index (χ0n) is 22.6. The first kappa shape index (κ1) is 29.4. The van der Waals surface area contributed by atoms with Gasteiger partial charge in [0, 0.05) is 56.2 Å². The number of carbonyl (C=O) groups is 1. The number of aliphatic hydroxyl groups excluding tert-OH is 2. The van der Waals surface area contributed by atoms with Crippen molar-refractivity contribution in [2.24, 2.45) is 17.8 Å². The fourth-order valence-corrected chi connectivity index (χ4v) is 9.03. The number of rotatable bonds is 8. The average molecular weight is 652 g/mol. The standard InChI is InChI=1S/C28H47FIN3O5/c29-23-18-31(9-11-34)8-6-25(23)38-22-13-24(30)27-26(14-22)37-12-10-33(28(27)36)17-21(35)16-32-7-5-19-3-1-2-4-20(19)15-32/h19-27,34-35H,1-18H2/t19?,20?,21-,22?,23?,24?,25?,26?,27?/m1/s1. The van der Waals surface area contributed by atoms with Gasteiger partial charge in [-0.25, -0.2) is 4.39 Å². The Morgan fingerprint density at radius 2 is 1.82 bits per heavy atom. The molecule has 3 saturated heterocycles. The number of ether oxygens (including phenoxy) is 2. The number of hydrogen-bond donors (Lipinski definition) is 2. The smallest absolute Gasteiger partial charge is 0.229 e. The molecule has 3 heterocycles. The molecule has 8 nitrogen and oxygen atoms in total. The van der Waals surface area contributed by atoms with Crippen LogP contribution in [-0.2, 0) is 14.3 Å². The number of nitrogens with zero attached hydrogens (tertiary/aromatic N) is 3. The van der Waals surface area contributed by atoms with Crippen LogP contribution < -0.4 is 0 Å². The number of hydrogen-bond acceptors (Lipinski definition) is 7. The molecule has 0 spiro atoms. The number of carbonyl (C=O) groups excluding carboxylic acids is 1. The molecular weight excluding hydrogens is 604 g/mol. The summed E-state index contributed by atoms with van der Waals surface area (Å²) in [6, 6.07) is 0. The van der Waals surface area contributed by atoms with Crippen molar-refractivity contribution in [1.29, 1.82) is 0 Å². The SMILES string of the molecule is O=C1C2C(I)CC(OC3CCN(CCO)CC3F)CC2OCCN1C[C@H](O)CN1CCC2CCCCC2C1. The Balaban J connectivity index is 1.11. The van der Waals surface area contributed by atoms with Crippen LogP contribution in [0.2, 0.25) is 0 Å². The third-order valence-electron chi connectivity index (χ3n) is 9.69. The van der Waals surface area contributed by atoms with Gasteiger partial charge in [0.1, 0.15) is 6.17 Å². The van der Waals surface area contributed by atoms with Gasteiger partial charge in [-0.2, -0.15) is 0 Å². The van der Waals surface area contributed by atoms with Crippen molar-refractivity contribution in [1.82, 2.24) is 14.7 Å². The minimum Gasteiger partial charge on any atom is -0.395 e. The van der Waals surface area contributed by atoms with Crippen molar-refractivity contribution in [3.8, 4) is 0 Å². The summed E-state index contributed by atoms with van der Waals surface area (Å²) < 4.78 is 27.3. The molecule has 8 unspecified atom stereocenters. The van der Waals surface area contributed by atoms with E-state index in [2.05, 4.69) is 27.5 Å². The zero-order valence-corrected chi connectivity index (χ0v) is 24.8. The molecule has 1 amide bonds. The summed E-state index contributed by atoms with van der Waals surface area (Å²) in [5, 5.41) is 20.1. The maximum Gasteiger partial charge on any atom is 0.229 e. The van der Waals surface area contributed by atoms with Crippen LogP contribution in [0.3, 0.4) is 0 Å². The van der Waals surface area contributed by atoms with Gasteiger partial charge < -0.3 is 29.5 Å². The van der Waals surface area contributed by atoms with E-state index in [1.54, 1.807) is 0 Å². The van der Waals surface area contributed by atoms with Crippen LogP contribution in [0, 0.1) is 17.8 Å². The summed E-state index contributed by atoms with van der Waals surface area (Å²) in [7, 11) is 0. The van der Waals surface area contributed by atoms with Gasteiger partial charge in [-0.1, -0.05) is 41.9 Å². The molecule has 5 rings (SSSR count). The van der Waals surface area contributed by atoms with Gasteiger partial charge in [0.15, 0.2) is 0 Å². The van der Waals surface area contributed by atoms with Crippen LogP contribution >= 0.6 is 22.6 Å². The lowest BCUT2D eigenvalue weighted by Gasteiger charge is -2.42. The fourth-order valence-electron chi connectivity index (χ4n) is 7.69. The van der Waals surface area contributed by atoms with Gasteiger partial charge in [-0.15, -0.1) is 0 Å². The molecule has 0 aromatic carbocycles. The van der Waals surface area contributed by atoms with Gasteiger partial charge in [0.05, 0.1) is 43.5 Å². The predicted octanol–water partition coefficient (Wildman–Crippen LogP) is 2.09. The highest BCUT2D eigenvalue weighted by Gasteiger charge is 2.46. The van der Waals surface area contributed by atoms with Crippen LogP contribution in [0.5, 0.6) is 0 Å². The number of likely N-dealkylation sites (tertiary alicyclic amines) is 2. The lowest BCUT2D eigenvalue weighted by molar-refractivity contribution is -0.145. The van der Waals surface area contributed by atoms with E-state index in [9.17, 15) is 14.3 Å². The summed E-state index contributed by atoms with van der Waals surface area (Å²) in [6.07, 6.45) is 6.12. The Kier molecular flexibility index (Phi) is 10.6. The lowest BCUT2D eigenvalue weighted by Crippen LogP contribution is -2.52. The number of aliphatic hydroxyl groups is 2. The van der Waals surface area contributed by atoms with E-state index in [0.717, 1.165) is 31.5 Å². The maximum absolute atomic E-state index is 14.8. The Labute approximate surface area is 240 Å². The molecule has 2 saturated carbocycles. The van der Waals surface area contributed by atoms with E-state index >= 15 is 0 Å². The van der Waals surface area contributed by atoms with Crippen LogP contribution in [0.25, 0.3) is 0 Å². The van der Waals surface area contributed by atoms with Crippen molar-refractivity contribution >= 4 is 28.5 Å². The second-order valence-corrected chi connectivity index (χ2v) is 13.9. The van der Waals surface area contributed by atoms with Crippen molar-refractivity contribution < 1.29 is 28.9 Å². The van der Waals surface area contributed by atoms with Crippen molar-refractivity contribution in [3.05, 3.63) is 0 Å². The molecule has 2 aliphatic carbocycles. The highest BCUT2D eigenvalue weighted by molar-refractivity contribution is 14.1. The van der Waals surface area contributed by atoms with Gasteiger partial charge >= 0.3 is 0 Å². The highest BCUT2D eigenvalue weighted by atomic mass is 127. The summed E-state index contributed by atoms with van der Waals surface area (Å²) in [6.45, 7) is 5.63. The summed E-state index contributed by atoms with van der Waals surface area (Å²) >= 11 is 2.35.